The Hall–Kier alpha value is -1.27. The summed E-state index contributed by atoms with van der Waals surface area (Å²) in [6.07, 6.45) is 0. The van der Waals surface area contributed by atoms with E-state index in [1.807, 2.05) is 0 Å². The molecule has 4 N–H and O–H groups in total. The molecule has 0 bridgehead atoms. The second-order valence-corrected chi connectivity index (χ2v) is 6.52. The summed E-state index contributed by atoms with van der Waals surface area (Å²) >= 11 is -5.06. The van der Waals surface area contributed by atoms with Crippen LogP contribution in [-0.4, -0.2) is 34.5 Å². The van der Waals surface area contributed by atoms with E-state index >= 15 is 0 Å². The molecule has 0 saturated heterocycles. The summed E-state index contributed by atoms with van der Waals surface area (Å²) in [4.78, 5) is 10.8. The van der Waals surface area contributed by atoms with E-state index in [4.69, 9.17) is 10.4 Å². The van der Waals surface area contributed by atoms with Crippen LogP contribution in [0.1, 0.15) is 6.92 Å². The van der Waals surface area contributed by atoms with Crippen LogP contribution in [0.2, 0.25) is 0 Å². The number of carbonyl (C=O) groups excluding carboxylic acids is 1. The third-order valence-corrected chi connectivity index (χ3v) is 4.27. The van der Waals surface area contributed by atoms with Gasteiger partial charge in [0.2, 0.25) is 0 Å². The van der Waals surface area contributed by atoms with Crippen molar-refractivity contribution in [3.05, 3.63) is 18.2 Å². The fourth-order valence-corrected chi connectivity index (χ4v) is 2.73. The molecule has 1 aromatic rings. The number of rotatable bonds is 3. The Morgan fingerprint density at radius 3 is 2.62 bits per heavy atom. The maximum atomic E-state index is 11.4. The van der Waals surface area contributed by atoms with E-state index in [0.29, 0.717) is 0 Å². The number of aromatic hydroxyl groups is 1. The molecule has 1 unspecified atom stereocenters. The zero-order chi connectivity index (χ0) is 12.3. The minimum atomic E-state index is -5.06. The normalized spacial score (nSPS) is 14.2. The second kappa shape index (κ2) is 4.71. The Bertz CT molecular complexity index is 460. The second-order valence-electron chi connectivity index (χ2n) is 2.98. The molecule has 0 spiro atoms. The molecule has 0 heterocycles. The van der Waals surface area contributed by atoms with E-state index in [-0.39, 0.29) is 15.8 Å². The number of nitrogens with one attached hydrogen (secondary N) is 1. The SMILES string of the molecule is CC(=O)Nc1cc(O)ccc1[As](=O)(O)OO. The van der Waals surface area contributed by atoms with Gasteiger partial charge in [0.15, 0.2) is 0 Å². The van der Waals surface area contributed by atoms with Gasteiger partial charge in [0.1, 0.15) is 0 Å². The third-order valence-electron chi connectivity index (χ3n) is 1.71. The topological polar surface area (TPSA) is 116 Å². The Morgan fingerprint density at radius 2 is 2.12 bits per heavy atom. The molecule has 7 nitrogen and oxygen atoms in total. The van der Waals surface area contributed by atoms with Gasteiger partial charge in [-0.25, -0.2) is 0 Å². The minimum absolute atomic E-state index is 0.0773. The van der Waals surface area contributed by atoms with Crippen LogP contribution in [0.15, 0.2) is 18.2 Å². The molecule has 0 aliphatic rings. The van der Waals surface area contributed by atoms with E-state index in [2.05, 4.69) is 9.19 Å². The summed E-state index contributed by atoms with van der Waals surface area (Å²) in [5.74, 6) is -0.679. The number of anilines is 1. The standard InChI is InChI=1S/C8H10AsNO6/c1-5(11)10-8-4-6(12)2-3-7(8)9(13,14)16-15/h2-4,12,15H,1H3,(H,10,11)(H,13,14). The molecule has 0 fully saturated rings. The Kier molecular flexibility index (Phi) is 3.77. The first-order valence-electron chi connectivity index (χ1n) is 4.14. The predicted molar refractivity (Wildman–Crippen MR) is 54.4 cm³/mol. The molecule has 0 aliphatic carbocycles. The Morgan fingerprint density at radius 1 is 1.50 bits per heavy atom. The van der Waals surface area contributed by atoms with Crippen molar-refractivity contribution in [3.63, 3.8) is 0 Å². The van der Waals surface area contributed by atoms with E-state index in [0.717, 1.165) is 18.2 Å². The summed E-state index contributed by atoms with van der Waals surface area (Å²) < 4.78 is 24.0. The van der Waals surface area contributed by atoms with Crippen LogP contribution in [0.4, 0.5) is 5.69 Å². The summed E-state index contributed by atoms with van der Waals surface area (Å²) in [6, 6.07) is 3.32. The maximum absolute atomic E-state index is 11.4. The molecular weight excluding hydrogens is 281 g/mol. The van der Waals surface area contributed by atoms with Crippen molar-refractivity contribution < 1.29 is 26.9 Å². The van der Waals surface area contributed by atoms with Gasteiger partial charge in [-0.2, -0.15) is 0 Å². The molecule has 1 amide bonds. The molecule has 0 aliphatic heterocycles. The molecule has 0 aromatic heterocycles. The molecule has 1 atom stereocenters. The molecular formula is C8H10AsNO6. The first kappa shape index (κ1) is 12.8. The van der Waals surface area contributed by atoms with Crippen molar-refractivity contribution in [2.75, 3.05) is 5.32 Å². The van der Waals surface area contributed by atoms with Crippen molar-refractivity contribution in [1.82, 2.24) is 0 Å². The van der Waals surface area contributed by atoms with Gasteiger partial charge < -0.3 is 0 Å². The Balaban J connectivity index is 3.28. The van der Waals surface area contributed by atoms with E-state index in [1.54, 1.807) is 0 Å². The molecule has 16 heavy (non-hydrogen) atoms. The summed E-state index contributed by atoms with van der Waals surface area (Å²) in [7, 11) is 0. The molecule has 8 heteroatoms. The van der Waals surface area contributed by atoms with Gasteiger partial charge in [-0.3, -0.25) is 0 Å². The van der Waals surface area contributed by atoms with Gasteiger partial charge in [-0.15, -0.1) is 0 Å². The summed E-state index contributed by atoms with van der Waals surface area (Å²) in [6.45, 7) is 1.20. The van der Waals surface area contributed by atoms with Gasteiger partial charge in [0, 0.05) is 0 Å². The van der Waals surface area contributed by atoms with Crippen LogP contribution in [-0.2, 0) is 12.4 Å². The first-order valence-corrected chi connectivity index (χ1v) is 7.45. The number of phenols is 1. The van der Waals surface area contributed by atoms with Gasteiger partial charge in [0.05, 0.1) is 0 Å². The van der Waals surface area contributed by atoms with Crippen molar-refractivity contribution in [3.8, 4) is 5.75 Å². The fourth-order valence-electron chi connectivity index (χ4n) is 1.10. The fraction of sp³-hybridized carbons (Fsp3) is 0.125. The number of hydrogen-bond acceptors (Lipinski definition) is 5. The summed E-state index contributed by atoms with van der Waals surface area (Å²) in [5.41, 5.74) is -0.0773. The van der Waals surface area contributed by atoms with E-state index in [9.17, 15) is 12.6 Å². The summed E-state index contributed by atoms with van der Waals surface area (Å²) in [5, 5.41) is 19.7. The van der Waals surface area contributed by atoms with Crippen molar-refractivity contribution in [1.29, 1.82) is 0 Å². The quantitative estimate of drug-likeness (QED) is 0.336. The van der Waals surface area contributed by atoms with Crippen LogP contribution in [0.3, 0.4) is 0 Å². The molecule has 1 aromatic carbocycles. The molecule has 1 rings (SSSR count). The van der Waals surface area contributed by atoms with Crippen LogP contribution in [0, 0.1) is 0 Å². The average Bonchev–Trinajstić information content (AvgIpc) is 2.16. The van der Waals surface area contributed by atoms with Crippen molar-refractivity contribution in [2.24, 2.45) is 0 Å². The van der Waals surface area contributed by atoms with Crippen LogP contribution < -0.4 is 9.67 Å². The van der Waals surface area contributed by atoms with Gasteiger partial charge in [-0.1, -0.05) is 0 Å². The Labute approximate surface area is 93.6 Å². The van der Waals surface area contributed by atoms with Crippen LogP contribution in [0.25, 0.3) is 0 Å². The van der Waals surface area contributed by atoms with Gasteiger partial charge >= 0.3 is 93.2 Å². The predicted octanol–water partition coefficient (Wildman–Crippen LogP) is -0.591. The van der Waals surface area contributed by atoms with E-state index in [1.165, 1.54) is 6.92 Å². The molecule has 0 radical (unpaired) electrons. The van der Waals surface area contributed by atoms with E-state index < -0.39 is 20.1 Å². The van der Waals surface area contributed by atoms with Gasteiger partial charge in [0.25, 0.3) is 0 Å². The number of benzene rings is 1. The third kappa shape index (κ3) is 2.86. The van der Waals surface area contributed by atoms with Gasteiger partial charge in [-0.05, 0) is 0 Å². The zero-order valence-corrected chi connectivity index (χ0v) is 10.1. The number of hydrogen-bond donors (Lipinski definition) is 4. The average molecular weight is 291 g/mol. The number of carbonyl (C=O) groups is 1. The monoisotopic (exact) mass is 291 g/mol. The number of amides is 1. The van der Waals surface area contributed by atoms with Crippen LogP contribution >= 0.6 is 0 Å². The van der Waals surface area contributed by atoms with Crippen molar-refractivity contribution in [2.45, 2.75) is 6.92 Å². The van der Waals surface area contributed by atoms with Crippen molar-refractivity contribution >= 4 is 30.1 Å². The molecule has 88 valence electrons. The number of phenolic OH excluding ortho intramolecular Hbond substituents is 1. The zero-order valence-electron chi connectivity index (χ0n) is 8.25. The first-order chi connectivity index (χ1) is 7.36. The molecule has 0 saturated carbocycles. The van der Waals surface area contributed by atoms with Crippen LogP contribution in [0.5, 0.6) is 5.75 Å².